The molecule has 2 atom stereocenters. The minimum Gasteiger partial charge on any atom is -0.394 e. The summed E-state index contributed by atoms with van der Waals surface area (Å²) in [4.78, 5) is 12.4. The molecule has 0 rings (SSSR count). The lowest BCUT2D eigenvalue weighted by molar-refractivity contribution is -0.123. The number of allylic oxidation sites excluding steroid dienone is 13. The highest BCUT2D eigenvalue weighted by Crippen LogP contribution is 2.14. The normalized spacial score (nSPS) is 13.8. The van der Waals surface area contributed by atoms with Gasteiger partial charge in [-0.25, -0.2) is 0 Å². The summed E-state index contributed by atoms with van der Waals surface area (Å²) < 4.78 is 0. The Morgan fingerprint density at radius 3 is 1.27 bits per heavy atom. The largest absolute Gasteiger partial charge is 0.394 e. The van der Waals surface area contributed by atoms with E-state index in [1.165, 1.54) is 96.3 Å². The Morgan fingerprint density at radius 1 is 0.481 bits per heavy atom. The lowest BCUT2D eigenvalue weighted by Crippen LogP contribution is -2.45. The second-order valence-electron chi connectivity index (χ2n) is 14.4. The van der Waals surface area contributed by atoms with Crippen LogP contribution in [-0.4, -0.2) is 34.9 Å². The van der Waals surface area contributed by atoms with Crippen molar-refractivity contribution in [2.24, 2.45) is 0 Å². The molecule has 0 aliphatic carbocycles. The van der Waals surface area contributed by atoms with Gasteiger partial charge in [-0.05, 0) is 70.6 Å². The molecule has 0 heterocycles. The number of unbranched alkanes of at least 4 members (excludes halogenated alkanes) is 19. The number of rotatable bonds is 38. The smallest absolute Gasteiger partial charge is 0.220 e. The molecule has 0 saturated carbocycles. The first-order chi connectivity index (χ1) is 25.7. The van der Waals surface area contributed by atoms with E-state index in [2.05, 4.69) is 92.1 Å². The number of aliphatic hydroxyl groups excluding tert-OH is 2. The van der Waals surface area contributed by atoms with Crippen molar-refractivity contribution in [3.05, 3.63) is 85.1 Å². The highest BCUT2D eigenvalue weighted by atomic mass is 16.3. The van der Waals surface area contributed by atoms with Gasteiger partial charge in [0.25, 0.3) is 0 Å². The van der Waals surface area contributed by atoms with Crippen LogP contribution in [0, 0.1) is 0 Å². The number of carbonyl (C=O) groups is 1. The van der Waals surface area contributed by atoms with Gasteiger partial charge in [0.05, 0.1) is 18.8 Å². The van der Waals surface area contributed by atoms with E-state index in [-0.39, 0.29) is 12.5 Å². The minimum absolute atomic E-state index is 0.0827. The van der Waals surface area contributed by atoms with E-state index in [9.17, 15) is 15.0 Å². The predicted molar refractivity (Wildman–Crippen MR) is 230 cm³/mol. The molecular weight excluding hydrogens is 639 g/mol. The van der Waals surface area contributed by atoms with Crippen LogP contribution in [0.1, 0.15) is 194 Å². The molecule has 0 fully saturated rings. The molecule has 0 aromatic carbocycles. The average molecular weight is 722 g/mol. The summed E-state index contributed by atoms with van der Waals surface area (Å²) in [5.74, 6) is -0.0827. The SMILES string of the molecule is CC/C=C\C/C=C\C/C=C\C/C=C\C/C=C\C/C=C\CCCCCCCCC(=O)NC(CO)C(O)/C=C/CCCCCCCCCCCCCCC. The van der Waals surface area contributed by atoms with Gasteiger partial charge >= 0.3 is 0 Å². The highest BCUT2D eigenvalue weighted by molar-refractivity contribution is 5.76. The van der Waals surface area contributed by atoms with Crippen molar-refractivity contribution >= 4 is 5.91 Å². The molecule has 2 unspecified atom stereocenters. The zero-order chi connectivity index (χ0) is 37.8. The third-order valence-corrected chi connectivity index (χ3v) is 9.38. The van der Waals surface area contributed by atoms with Gasteiger partial charge < -0.3 is 15.5 Å². The quantitative estimate of drug-likeness (QED) is 0.0439. The molecule has 1 amide bonds. The summed E-state index contributed by atoms with van der Waals surface area (Å²) in [7, 11) is 0. The van der Waals surface area contributed by atoms with E-state index < -0.39 is 12.1 Å². The third kappa shape index (κ3) is 38.8. The van der Waals surface area contributed by atoms with Crippen molar-refractivity contribution < 1.29 is 15.0 Å². The molecule has 0 bridgehead atoms. The molecule has 3 N–H and O–H groups in total. The van der Waals surface area contributed by atoms with Crippen LogP contribution in [-0.2, 0) is 4.79 Å². The van der Waals surface area contributed by atoms with Crippen LogP contribution in [0.25, 0.3) is 0 Å². The maximum absolute atomic E-state index is 12.4. The summed E-state index contributed by atoms with van der Waals surface area (Å²) >= 11 is 0. The first-order valence-corrected chi connectivity index (χ1v) is 21.8. The highest BCUT2D eigenvalue weighted by Gasteiger charge is 2.17. The van der Waals surface area contributed by atoms with Crippen LogP contribution in [0.15, 0.2) is 85.1 Å². The van der Waals surface area contributed by atoms with Crippen LogP contribution in [0.5, 0.6) is 0 Å². The van der Waals surface area contributed by atoms with E-state index in [1.54, 1.807) is 6.08 Å². The molecule has 0 aromatic rings. The molecule has 298 valence electrons. The molecule has 4 heteroatoms. The molecule has 0 radical (unpaired) electrons. The van der Waals surface area contributed by atoms with E-state index >= 15 is 0 Å². The van der Waals surface area contributed by atoms with Gasteiger partial charge in [0.1, 0.15) is 0 Å². The van der Waals surface area contributed by atoms with Crippen molar-refractivity contribution in [2.75, 3.05) is 6.61 Å². The molecule has 0 aliphatic heterocycles. The van der Waals surface area contributed by atoms with Gasteiger partial charge in [0.2, 0.25) is 5.91 Å². The van der Waals surface area contributed by atoms with Gasteiger partial charge in [0.15, 0.2) is 0 Å². The van der Waals surface area contributed by atoms with Gasteiger partial charge in [-0.2, -0.15) is 0 Å². The average Bonchev–Trinajstić information content (AvgIpc) is 3.15. The fourth-order valence-corrected chi connectivity index (χ4v) is 6.06. The van der Waals surface area contributed by atoms with Crippen molar-refractivity contribution in [1.29, 1.82) is 0 Å². The maximum atomic E-state index is 12.4. The van der Waals surface area contributed by atoms with Gasteiger partial charge in [-0.15, -0.1) is 0 Å². The summed E-state index contributed by atoms with van der Waals surface area (Å²) in [6, 6.07) is -0.635. The zero-order valence-electron chi connectivity index (χ0n) is 34.0. The Bertz CT molecular complexity index is 957. The van der Waals surface area contributed by atoms with Gasteiger partial charge in [-0.3, -0.25) is 4.79 Å². The summed E-state index contributed by atoms with van der Waals surface area (Å²) in [5.41, 5.74) is 0. The Morgan fingerprint density at radius 2 is 0.846 bits per heavy atom. The van der Waals surface area contributed by atoms with Crippen molar-refractivity contribution in [1.82, 2.24) is 5.32 Å². The molecule has 4 nitrogen and oxygen atoms in total. The number of nitrogens with one attached hydrogen (secondary N) is 1. The van der Waals surface area contributed by atoms with Crippen LogP contribution < -0.4 is 5.32 Å². The Labute approximate surface area is 322 Å². The van der Waals surface area contributed by atoms with Crippen molar-refractivity contribution in [2.45, 2.75) is 206 Å². The van der Waals surface area contributed by atoms with Gasteiger partial charge in [0, 0.05) is 6.42 Å². The monoisotopic (exact) mass is 722 g/mol. The summed E-state index contributed by atoms with van der Waals surface area (Å²) in [6.45, 7) is 4.18. The van der Waals surface area contributed by atoms with E-state index in [0.717, 1.165) is 77.0 Å². The standard InChI is InChI=1S/C48H83NO3/c1-3-5-7-9-11-13-15-17-19-20-21-22-23-24-25-26-27-28-30-32-34-36-38-40-42-44-48(52)49-46(45-50)47(51)43-41-39-37-35-33-31-29-18-16-14-12-10-8-6-4-2/h5,7,11,13,17,19,21-22,24-25,27-28,41,43,46-47,50-51H,3-4,6,8-10,12,14-16,18,20,23,26,29-40,42,44-45H2,1-2H3,(H,49,52)/b7-5-,13-11-,19-17-,22-21-,25-24-,28-27-,43-41+. The van der Waals surface area contributed by atoms with Crippen LogP contribution in [0.3, 0.4) is 0 Å². The zero-order valence-corrected chi connectivity index (χ0v) is 34.0. The number of hydrogen-bond acceptors (Lipinski definition) is 3. The molecule has 0 saturated heterocycles. The molecular formula is C48H83NO3. The van der Waals surface area contributed by atoms with Crippen LogP contribution >= 0.6 is 0 Å². The fraction of sp³-hybridized carbons (Fsp3) is 0.688. The first-order valence-electron chi connectivity index (χ1n) is 21.8. The first kappa shape index (κ1) is 49.6. The van der Waals surface area contributed by atoms with Gasteiger partial charge in [-0.1, -0.05) is 202 Å². The molecule has 0 aliphatic rings. The van der Waals surface area contributed by atoms with E-state index in [1.807, 2.05) is 6.08 Å². The fourth-order valence-electron chi connectivity index (χ4n) is 6.06. The van der Waals surface area contributed by atoms with E-state index in [4.69, 9.17) is 0 Å². The van der Waals surface area contributed by atoms with Crippen LogP contribution in [0.4, 0.5) is 0 Å². The Balaban J connectivity index is 3.67. The third-order valence-electron chi connectivity index (χ3n) is 9.38. The Hall–Kier alpha value is -2.43. The second kappa shape index (κ2) is 43.0. The molecule has 52 heavy (non-hydrogen) atoms. The number of amides is 1. The Kier molecular flexibility index (Phi) is 41.0. The second-order valence-corrected chi connectivity index (χ2v) is 14.4. The van der Waals surface area contributed by atoms with Crippen molar-refractivity contribution in [3.8, 4) is 0 Å². The molecule has 0 spiro atoms. The number of hydrogen-bond donors (Lipinski definition) is 3. The number of carbonyl (C=O) groups excluding carboxylic acids is 1. The maximum Gasteiger partial charge on any atom is 0.220 e. The number of aliphatic hydroxyl groups is 2. The van der Waals surface area contributed by atoms with Crippen LogP contribution in [0.2, 0.25) is 0 Å². The summed E-state index contributed by atoms with van der Waals surface area (Å²) in [5, 5.41) is 23.0. The predicted octanol–water partition coefficient (Wildman–Crippen LogP) is 13.7. The van der Waals surface area contributed by atoms with E-state index in [0.29, 0.717) is 6.42 Å². The minimum atomic E-state index is -0.850. The lowest BCUT2D eigenvalue weighted by atomic mass is 10.0. The lowest BCUT2D eigenvalue weighted by Gasteiger charge is -2.20. The molecule has 0 aromatic heterocycles. The topological polar surface area (TPSA) is 69.6 Å². The van der Waals surface area contributed by atoms with Crippen molar-refractivity contribution in [3.63, 3.8) is 0 Å². The summed E-state index contributed by atoms with van der Waals surface area (Å²) in [6.07, 6.45) is 62.5.